The number of benzene rings is 1. The average Bonchev–Trinajstić information content (AvgIpc) is 2.56. The average molecular weight is 279 g/mol. The highest BCUT2D eigenvalue weighted by Crippen LogP contribution is 2.16. The van der Waals surface area contributed by atoms with Crippen molar-refractivity contribution < 1.29 is 4.79 Å². The van der Waals surface area contributed by atoms with Gasteiger partial charge in [-0.25, -0.2) is 5.01 Å². The van der Waals surface area contributed by atoms with Gasteiger partial charge in [0.1, 0.15) is 0 Å². The minimum absolute atomic E-state index is 0.0874. The quantitative estimate of drug-likeness (QED) is 0.848. The lowest BCUT2D eigenvalue weighted by Gasteiger charge is -2.23. The summed E-state index contributed by atoms with van der Waals surface area (Å²) in [7, 11) is 0. The van der Waals surface area contributed by atoms with Crippen molar-refractivity contribution in [2.24, 2.45) is 5.10 Å². The van der Waals surface area contributed by atoms with Crippen LogP contribution in [0, 0.1) is 6.92 Å². The van der Waals surface area contributed by atoms with Crippen molar-refractivity contribution >= 4 is 11.6 Å². The van der Waals surface area contributed by atoms with E-state index in [1.165, 1.54) is 0 Å². The number of carbonyl (C=O) groups excluding carboxylic acids is 1. The third-order valence-electron chi connectivity index (χ3n) is 3.52. The predicted octanol–water partition coefficient (Wildman–Crippen LogP) is 3.03. The molecule has 3 rings (SSSR count). The summed E-state index contributed by atoms with van der Waals surface area (Å²) < 4.78 is 0. The number of aromatic nitrogens is 1. The maximum absolute atomic E-state index is 12.5. The summed E-state index contributed by atoms with van der Waals surface area (Å²) in [5, 5.41) is 6.08. The molecule has 0 bridgehead atoms. The zero-order valence-electron chi connectivity index (χ0n) is 12.0. The molecule has 1 amide bonds. The van der Waals surface area contributed by atoms with Gasteiger partial charge < -0.3 is 0 Å². The van der Waals surface area contributed by atoms with Gasteiger partial charge in [0, 0.05) is 18.4 Å². The number of amides is 1. The number of hydrogen-bond acceptors (Lipinski definition) is 3. The van der Waals surface area contributed by atoms with E-state index in [2.05, 4.69) is 10.1 Å². The third kappa shape index (κ3) is 2.99. The first kappa shape index (κ1) is 13.5. The molecule has 1 aliphatic heterocycles. The van der Waals surface area contributed by atoms with Crippen LogP contribution in [0.4, 0.5) is 0 Å². The second-order valence-electron chi connectivity index (χ2n) is 5.13. The molecule has 0 N–H and O–H groups in total. The summed E-state index contributed by atoms with van der Waals surface area (Å²) in [6, 6.07) is 13.7. The number of pyridine rings is 1. The third-order valence-corrected chi connectivity index (χ3v) is 3.52. The molecule has 2 heterocycles. The maximum atomic E-state index is 12.5. The van der Waals surface area contributed by atoms with Crippen LogP contribution in [0.2, 0.25) is 0 Å². The Hall–Kier alpha value is -2.49. The topological polar surface area (TPSA) is 45.6 Å². The Morgan fingerprint density at radius 1 is 1.14 bits per heavy atom. The summed E-state index contributed by atoms with van der Waals surface area (Å²) in [5.74, 6) is -0.0874. The zero-order valence-corrected chi connectivity index (χ0v) is 12.0. The lowest BCUT2D eigenvalue weighted by atomic mass is 10.0. The minimum atomic E-state index is -0.0874. The van der Waals surface area contributed by atoms with E-state index >= 15 is 0 Å². The van der Waals surface area contributed by atoms with Crippen molar-refractivity contribution in [3.63, 3.8) is 0 Å². The summed E-state index contributed by atoms with van der Waals surface area (Å²) >= 11 is 0. The number of aryl methyl sites for hydroxylation is 1. The summed E-state index contributed by atoms with van der Waals surface area (Å²) in [5.41, 5.74) is 3.53. The van der Waals surface area contributed by atoms with E-state index < -0.39 is 0 Å². The molecule has 1 aromatic carbocycles. The Balaban J connectivity index is 1.85. The van der Waals surface area contributed by atoms with Gasteiger partial charge in [-0.2, -0.15) is 5.10 Å². The highest BCUT2D eigenvalue weighted by molar-refractivity contribution is 6.02. The van der Waals surface area contributed by atoms with Crippen LogP contribution >= 0.6 is 0 Å². The molecule has 4 heteroatoms. The van der Waals surface area contributed by atoms with Crippen LogP contribution in [-0.4, -0.2) is 28.2 Å². The second kappa shape index (κ2) is 5.87. The molecule has 0 radical (unpaired) electrons. The van der Waals surface area contributed by atoms with Crippen LogP contribution in [-0.2, 0) is 0 Å². The number of hydrazone groups is 1. The van der Waals surface area contributed by atoms with Gasteiger partial charge in [-0.3, -0.25) is 9.78 Å². The van der Waals surface area contributed by atoms with E-state index in [1.807, 2.05) is 43.3 Å². The van der Waals surface area contributed by atoms with E-state index in [1.54, 1.807) is 17.3 Å². The summed E-state index contributed by atoms with van der Waals surface area (Å²) in [6.07, 6.45) is 3.45. The Kier molecular flexibility index (Phi) is 3.77. The Morgan fingerprint density at radius 3 is 2.67 bits per heavy atom. The predicted molar refractivity (Wildman–Crippen MR) is 82.2 cm³/mol. The van der Waals surface area contributed by atoms with Crippen LogP contribution < -0.4 is 0 Å². The Labute approximate surface area is 124 Å². The van der Waals surface area contributed by atoms with E-state index in [9.17, 15) is 4.79 Å². The van der Waals surface area contributed by atoms with Crippen LogP contribution in [0.25, 0.3) is 0 Å². The minimum Gasteiger partial charge on any atom is -0.267 e. The molecule has 2 aromatic rings. The molecule has 0 fully saturated rings. The molecule has 106 valence electrons. The zero-order chi connectivity index (χ0) is 14.7. The maximum Gasteiger partial charge on any atom is 0.275 e. The highest BCUT2D eigenvalue weighted by atomic mass is 16.2. The first-order valence-corrected chi connectivity index (χ1v) is 7.11. The first-order chi connectivity index (χ1) is 10.2. The molecular weight excluding hydrogens is 262 g/mol. The van der Waals surface area contributed by atoms with Gasteiger partial charge in [-0.1, -0.05) is 30.3 Å². The van der Waals surface area contributed by atoms with Gasteiger partial charge >= 0.3 is 0 Å². The van der Waals surface area contributed by atoms with Crippen LogP contribution in [0.1, 0.15) is 34.5 Å². The van der Waals surface area contributed by atoms with Crippen LogP contribution in [0.5, 0.6) is 0 Å². The van der Waals surface area contributed by atoms with Gasteiger partial charge in [0.15, 0.2) is 0 Å². The number of nitrogens with zero attached hydrogens (tertiary/aromatic N) is 3. The standard InChI is InChI=1S/C17H17N3O/c1-13-9-10-15(12-18-13)17(21)20-11-5-8-16(19-20)14-6-3-2-4-7-14/h2-4,6-7,9-10,12H,5,8,11H2,1H3. The molecule has 0 saturated heterocycles. The molecule has 1 aliphatic rings. The smallest absolute Gasteiger partial charge is 0.267 e. The fraction of sp³-hybridized carbons (Fsp3) is 0.235. The van der Waals surface area contributed by atoms with Crippen LogP contribution in [0.15, 0.2) is 53.8 Å². The first-order valence-electron chi connectivity index (χ1n) is 7.11. The SMILES string of the molecule is Cc1ccc(C(=O)N2CCCC(c3ccccc3)=N2)cn1. The molecule has 0 aliphatic carbocycles. The fourth-order valence-corrected chi connectivity index (χ4v) is 2.36. The Bertz CT molecular complexity index is 662. The van der Waals surface area contributed by atoms with Crippen molar-refractivity contribution in [2.75, 3.05) is 6.54 Å². The van der Waals surface area contributed by atoms with Gasteiger partial charge in [-0.15, -0.1) is 0 Å². The van der Waals surface area contributed by atoms with E-state index in [0.717, 1.165) is 29.8 Å². The Morgan fingerprint density at radius 2 is 1.95 bits per heavy atom. The fourth-order valence-electron chi connectivity index (χ4n) is 2.36. The molecule has 4 nitrogen and oxygen atoms in total. The molecular formula is C17H17N3O. The molecule has 0 saturated carbocycles. The number of carbonyl (C=O) groups is 1. The van der Waals surface area contributed by atoms with Gasteiger partial charge in [0.2, 0.25) is 0 Å². The largest absolute Gasteiger partial charge is 0.275 e. The second-order valence-corrected chi connectivity index (χ2v) is 5.13. The highest BCUT2D eigenvalue weighted by Gasteiger charge is 2.20. The van der Waals surface area contributed by atoms with E-state index in [4.69, 9.17) is 0 Å². The summed E-state index contributed by atoms with van der Waals surface area (Å²) in [4.78, 5) is 16.6. The van der Waals surface area contributed by atoms with Crippen molar-refractivity contribution in [1.82, 2.24) is 9.99 Å². The van der Waals surface area contributed by atoms with Crippen LogP contribution in [0.3, 0.4) is 0 Å². The van der Waals surface area contributed by atoms with Crippen molar-refractivity contribution in [2.45, 2.75) is 19.8 Å². The lowest BCUT2D eigenvalue weighted by molar-refractivity contribution is 0.0751. The molecule has 1 aromatic heterocycles. The van der Waals surface area contributed by atoms with E-state index in [-0.39, 0.29) is 5.91 Å². The van der Waals surface area contributed by atoms with Gasteiger partial charge in [0.05, 0.1) is 11.3 Å². The molecule has 0 spiro atoms. The van der Waals surface area contributed by atoms with Crippen molar-refractivity contribution in [1.29, 1.82) is 0 Å². The number of rotatable bonds is 2. The van der Waals surface area contributed by atoms with Gasteiger partial charge in [-0.05, 0) is 37.5 Å². The molecule has 0 unspecified atom stereocenters. The summed E-state index contributed by atoms with van der Waals surface area (Å²) in [6.45, 7) is 2.56. The number of hydrogen-bond donors (Lipinski definition) is 0. The normalized spacial score (nSPS) is 14.7. The van der Waals surface area contributed by atoms with Gasteiger partial charge in [0.25, 0.3) is 5.91 Å². The van der Waals surface area contributed by atoms with Crippen molar-refractivity contribution in [3.8, 4) is 0 Å². The lowest BCUT2D eigenvalue weighted by Crippen LogP contribution is -2.32. The van der Waals surface area contributed by atoms with E-state index in [0.29, 0.717) is 12.1 Å². The molecule has 0 atom stereocenters. The monoisotopic (exact) mass is 279 g/mol. The molecule has 21 heavy (non-hydrogen) atoms. The van der Waals surface area contributed by atoms with Crippen molar-refractivity contribution in [3.05, 3.63) is 65.5 Å².